The Morgan fingerprint density at radius 3 is 0.929 bits per heavy atom. The fraction of sp³-hybridized carbons (Fsp3) is 0.0741. The van der Waals surface area contributed by atoms with E-state index in [4.69, 9.17) is 0 Å². The lowest BCUT2D eigenvalue weighted by molar-refractivity contribution is 1.18. The Morgan fingerprint density at radius 2 is 0.607 bits per heavy atom. The van der Waals surface area contributed by atoms with Crippen LogP contribution in [-0.2, 0) is 0 Å². The summed E-state index contributed by atoms with van der Waals surface area (Å²) in [6, 6.07) is 62.9. The Balaban J connectivity index is 1.05. The van der Waals surface area contributed by atoms with Gasteiger partial charge in [-0.2, -0.15) is 0 Å². The summed E-state index contributed by atoms with van der Waals surface area (Å²) in [4.78, 5) is 0. The Hall–Kier alpha value is -6.90. The van der Waals surface area contributed by atoms with Crippen molar-refractivity contribution in [2.75, 3.05) is 0 Å². The number of hydrogen-bond donors (Lipinski definition) is 0. The summed E-state index contributed by atoms with van der Waals surface area (Å²) in [5, 5.41) is 10.3. The molecule has 0 bridgehead atoms. The summed E-state index contributed by atoms with van der Waals surface area (Å²) in [6.45, 7) is 9.06. The second-order valence-electron chi connectivity index (χ2n) is 15.5. The first kappa shape index (κ1) is 32.5. The lowest BCUT2D eigenvalue weighted by Crippen LogP contribution is -1.96. The quantitative estimate of drug-likeness (QED) is 0.161. The number of rotatable bonds is 4. The molecule has 0 aliphatic heterocycles. The summed E-state index contributed by atoms with van der Waals surface area (Å²) < 4.78 is 4.79. The van der Waals surface area contributed by atoms with Gasteiger partial charge in [0.25, 0.3) is 0 Å². The molecule has 266 valence electrons. The molecule has 11 rings (SSSR count). The number of aryl methyl sites for hydroxylation is 2. The topological polar surface area (TPSA) is 9.86 Å². The van der Waals surface area contributed by atoms with Crippen LogP contribution >= 0.6 is 0 Å². The van der Waals surface area contributed by atoms with Crippen molar-refractivity contribution in [3.8, 4) is 33.6 Å². The number of fused-ring (bicyclic) bond motifs is 8. The normalized spacial score (nSPS) is 11.9. The van der Waals surface area contributed by atoms with Gasteiger partial charge in [-0.15, -0.1) is 0 Å². The van der Waals surface area contributed by atoms with Crippen LogP contribution in [0.15, 0.2) is 170 Å². The van der Waals surface area contributed by atoms with E-state index in [1.54, 1.807) is 0 Å². The average Bonchev–Trinajstić information content (AvgIpc) is 3.75. The first-order valence-electron chi connectivity index (χ1n) is 19.6. The molecule has 0 saturated heterocycles. The predicted octanol–water partition coefficient (Wildman–Crippen LogP) is 14.8. The molecule has 0 amide bonds. The van der Waals surface area contributed by atoms with E-state index >= 15 is 0 Å². The number of aromatic nitrogens is 2. The van der Waals surface area contributed by atoms with Crippen LogP contribution in [0, 0.1) is 27.7 Å². The van der Waals surface area contributed by atoms with Gasteiger partial charge in [0.05, 0.1) is 22.1 Å². The van der Waals surface area contributed by atoms with E-state index in [-0.39, 0.29) is 0 Å². The van der Waals surface area contributed by atoms with E-state index in [0.717, 1.165) is 0 Å². The summed E-state index contributed by atoms with van der Waals surface area (Å²) in [5.74, 6) is 0. The van der Waals surface area contributed by atoms with Crippen molar-refractivity contribution in [2.24, 2.45) is 0 Å². The van der Waals surface area contributed by atoms with E-state index in [0.29, 0.717) is 0 Å². The maximum atomic E-state index is 2.44. The van der Waals surface area contributed by atoms with Crippen LogP contribution in [0.5, 0.6) is 0 Å². The predicted molar refractivity (Wildman–Crippen MR) is 240 cm³/mol. The smallest absolute Gasteiger partial charge is 0.0541 e. The minimum Gasteiger partial charge on any atom is -0.309 e. The second kappa shape index (κ2) is 12.3. The van der Waals surface area contributed by atoms with E-state index < -0.39 is 0 Å². The van der Waals surface area contributed by atoms with Crippen LogP contribution in [0.25, 0.3) is 98.8 Å². The van der Waals surface area contributed by atoms with Crippen LogP contribution in [-0.4, -0.2) is 9.13 Å². The van der Waals surface area contributed by atoms with E-state index in [2.05, 4.69) is 207 Å². The minimum absolute atomic E-state index is 1.17. The molecule has 0 fully saturated rings. The lowest BCUT2D eigenvalue weighted by Gasteiger charge is -2.19. The monoisotopic (exact) mass is 716 g/mol. The van der Waals surface area contributed by atoms with Gasteiger partial charge in [0, 0.05) is 32.9 Å². The maximum absolute atomic E-state index is 2.44. The van der Waals surface area contributed by atoms with Gasteiger partial charge in [0.1, 0.15) is 0 Å². The third-order valence-corrected chi connectivity index (χ3v) is 12.4. The van der Waals surface area contributed by atoms with Crippen molar-refractivity contribution in [2.45, 2.75) is 27.7 Å². The summed E-state index contributed by atoms with van der Waals surface area (Å²) in [7, 11) is 0. The zero-order chi connectivity index (χ0) is 37.7. The fourth-order valence-electron chi connectivity index (χ4n) is 9.49. The molecule has 0 spiro atoms. The standard InChI is InChI=1S/C54H40N2/c1-33-29-39-31-48-40(30-34(2)36(4)54(48)38-23-27-42(28-24-38)56-51-19-11-7-15-45(51)46-16-8-12-20-52(46)56)32-47(39)53(35(33)3)37-21-25-41(26-22-37)55-49-17-9-5-13-43(49)44-14-6-10-18-50(44)55/h5-32H,1-4H3. The molecular formula is C54H40N2. The maximum Gasteiger partial charge on any atom is 0.0541 e. The van der Waals surface area contributed by atoms with Crippen molar-refractivity contribution in [3.63, 3.8) is 0 Å². The van der Waals surface area contributed by atoms with Crippen LogP contribution in [0.4, 0.5) is 0 Å². The largest absolute Gasteiger partial charge is 0.309 e. The molecule has 2 heteroatoms. The first-order chi connectivity index (χ1) is 27.4. The molecule has 0 aliphatic rings. The zero-order valence-electron chi connectivity index (χ0n) is 32.1. The van der Waals surface area contributed by atoms with Gasteiger partial charge in [-0.3, -0.25) is 0 Å². The molecule has 0 unspecified atom stereocenters. The van der Waals surface area contributed by atoms with Crippen LogP contribution in [0.2, 0.25) is 0 Å². The number of hydrogen-bond acceptors (Lipinski definition) is 0. The highest BCUT2D eigenvalue weighted by atomic mass is 15.0. The molecule has 11 aromatic rings. The van der Waals surface area contributed by atoms with Gasteiger partial charge in [-0.05, 0) is 154 Å². The molecule has 0 aliphatic carbocycles. The minimum atomic E-state index is 1.17. The molecule has 0 saturated carbocycles. The van der Waals surface area contributed by atoms with Gasteiger partial charge in [-0.25, -0.2) is 0 Å². The Labute approximate surface area is 326 Å². The second-order valence-corrected chi connectivity index (χ2v) is 15.5. The fourth-order valence-corrected chi connectivity index (χ4v) is 9.49. The molecule has 0 radical (unpaired) electrons. The molecule has 0 N–H and O–H groups in total. The van der Waals surface area contributed by atoms with Crippen LogP contribution in [0.1, 0.15) is 22.3 Å². The molecule has 2 aromatic heterocycles. The van der Waals surface area contributed by atoms with Gasteiger partial charge >= 0.3 is 0 Å². The Bertz CT molecular complexity index is 3040. The number of para-hydroxylation sites is 4. The molecule has 9 aromatic carbocycles. The Morgan fingerprint density at radius 1 is 0.304 bits per heavy atom. The number of nitrogens with zero attached hydrogens (tertiary/aromatic N) is 2. The Kier molecular flexibility index (Phi) is 7.15. The zero-order valence-corrected chi connectivity index (χ0v) is 32.1. The first-order valence-corrected chi connectivity index (χ1v) is 19.6. The molecule has 2 nitrogen and oxygen atoms in total. The third kappa shape index (κ3) is 4.75. The molecule has 0 atom stereocenters. The molecule has 56 heavy (non-hydrogen) atoms. The molecular weight excluding hydrogens is 677 g/mol. The van der Waals surface area contributed by atoms with E-state index in [9.17, 15) is 0 Å². The van der Waals surface area contributed by atoms with Gasteiger partial charge < -0.3 is 9.13 Å². The van der Waals surface area contributed by atoms with Crippen molar-refractivity contribution in [1.82, 2.24) is 9.13 Å². The van der Waals surface area contributed by atoms with Crippen molar-refractivity contribution >= 4 is 65.2 Å². The number of benzene rings is 9. The summed E-state index contributed by atoms with van der Waals surface area (Å²) in [6.07, 6.45) is 0. The third-order valence-electron chi connectivity index (χ3n) is 12.4. The van der Waals surface area contributed by atoms with Crippen molar-refractivity contribution < 1.29 is 0 Å². The average molecular weight is 717 g/mol. The van der Waals surface area contributed by atoms with E-state index in [1.807, 2.05) is 0 Å². The van der Waals surface area contributed by atoms with E-state index in [1.165, 1.54) is 121 Å². The highest BCUT2D eigenvalue weighted by molar-refractivity contribution is 6.12. The van der Waals surface area contributed by atoms with Gasteiger partial charge in [0.15, 0.2) is 0 Å². The summed E-state index contributed by atoms with van der Waals surface area (Å²) >= 11 is 0. The van der Waals surface area contributed by atoms with Crippen molar-refractivity contribution in [3.05, 3.63) is 192 Å². The summed E-state index contributed by atoms with van der Waals surface area (Å²) in [5.41, 5.74) is 17.6. The van der Waals surface area contributed by atoms with Crippen LogP contribution in [0.3, 0.4) is 0 Å². The SMILES string of the molecule is Cc1cc2cc3c(-c4ccc(-n5c6ccccc6c6ccccc65)cc4)c(C)c(C)cc3cc2c(-c2ccc(-n3c4ccccc4c4ccccc43)cc2)c1C. The molecule has 2 heterocycles. The highest BCUT2D eigenvalue weighted by Crippen LogP contribution is 2.42. The lowest BCUT2D eigenvalue weighted by atomic mass is 9.86. The van der Waals surface area contributed by atoms with Crippen molar-refractivity contribution in [1.29, 1.82) is 0 Å². The van der Waals surface area contributed by atoms with Gasteiger partial charge in [-0.1, -0.05) is 109 Å². The highest BCUT2D eigenvalue weighted by Gasteiger charge is 2.18. The van der Waals surface area contributed by atoms with Crippen LogP contribution < -0.4 is 0 Å². The van der Waals surface area contributed by atoms with Gasteiger partial charge in [0.2, 0.25) is 0 Å².